The first-order chi connectivity index (χ1) is 9.08. The Morgan fingerprint density at radius 3 is 2.47 bits per heavy atom. The molecular formula is C15H16N2O2. The molecule has 98 valence electrons. The summed E-state index contributed by atoms with van der Waals surface area (Å²) < 4.78 is 0. The van der Waals surface area contributed by atoms with Crippen molar-refractivity contribution < 1.29 is 9.90 Å². The third-order valence-corrected chi connectivity index (χ3v) is 2.96. The van der Waals surface area contributed by atoms with Gasteiger partial charge in [0.2, 0.25) is 0 Å². The minimum atomic E-state index is -1.01. The Hall–Kier alpha value is -2.49. The molecule has 0 aliphatic heterocycles. The van der Waals surface area contributed by atoms with Crippen molar-refractivity contribution >= 4 is 17.3 Å². The topological polar surface area (TPSA) is 75.3 Å². The summed E-state index contributed by atoms with van der Waals surface area (Å²) in [7, 11) is 0. The molecule has 0 aromatic heterocycles. The van der Waals surface area contributed by atoms with Gasteiger partial charge in [-0.3, -0.25) is 0 Å². The van der Waals surface area contributed by atoms with Crippen LogP contribution in [0.3, 0.4) is 0 Å². The molecule has 0 aliphatic rings. The van der Waals surface area contributed by atoms with Crippen LogP contribution in [0.1, 0.15) is 28.9 Å². The fourth-order valence-corrected chi connectivity index (χ4v) is 1.92. The van der Waals surface area contributed by atoms with E-state index in [1.807, 2.05) is 37.3 Å². The maximum atomic E-state index is 10.9. The number of nitrogen functional groups attached to an aromatic ring is 1. The molecule has 0 saturated heterocycles. The van der Waals surface area contributed by atoms with Crippen LogP contribution in [0.15, 0.2) is 48.5 Å². The second-order valence-electron chi connectivity index (χ2n) is 4.38. The highest BCUT2D eigenvalue weighted by Crippen LogP contribution is 2.22. The third kappa shape index (κ3) is 3.04. The molecule has 0 radical (unpaired) electrons. The number of carbonyl (C=O) groups is 1. The van der Waals surface area contributed by atoms with Gasteiger partial charge < -0.3 is 16.2 Å². The summed E-state index contributed by atoms with van der Waals surface area (Å²) in [6, 6.07) is 15.0. The zero-order valence-corrected chi connectivity index (χ0v) is 10.6. The maximum Gasteiger partial charge on any atom is 0.337 e. The molecule has 4 heteroatoms. The molecule has 1 atom stereocenters. The highest BCUT2D eigenvalue weighted by Gasteiger charge is 2.09. The van der Waals surface area contributed by atoms with Crippen molar-refractivity contribution in [3.05, 3.63) is 59.7 Å². The molecule has 0 fully saturated rings. The molecule has 2 aromatic rings. The van der Waals surface area contributed by atoms with E-state index >= 15 is 0 Å². The van der Waals surface area contributed by atoms with Gasteiger partial charge in [-0.1, -0.05) is 30.3 Å². The monoisotopic (exact) mass is 256 g/mol. The molecule has 0 saturated carbocycles. The number of nitrogens with two attached hydrogens (primary N) is 1. The molecule has 19 heavy (non-hydrogen) atoms. The van der Waals surface area contributed by atoms with Gasteiger partial charge in [0.1, 0.15) is 0 Å². The average Bonchev–Trinajstić information content (AvgIpc) is 2.39. The van der Waals surface area contributed by atoms with E-state index in [4.69, 9.17) is 10.8 Å². The molecule has 2 aromatic carbocycles. The second-order valence-corrected chi connectivity index (χ2v) is 4.38. The van der Waals surface area contributed by atoms with Crippen molar-refractivity contribution in [1.82, 2.24) is 0 Å². The average molecular weight is 256 g/mol. The summed E-state index contributed by atoms with van der Waals surface area (Å²) in [5.41, 5.74) is 8.06. The van der Waals surface area contributed by atoms with Crippen molar-refractivity contribution in [2.24, 2.45) is 0 Å². The number of anilines is 2. The number of hydrogen-bond donors (Lipinski definition) is 3. The Kier molecular flexibility index (Phi) is 3.71. The molecular weight excluding hydrogens is 240 g/mol. The van der Waals surface area contributed by atoms with Crippen molar-refractivity contribution in [1.29, 1.82) is 0 Å². The van der Waals surface area contributed by atoms with Crippen LogP contribution in [0.2, 0.25) is 0 Å². The van der Waals surface area contributed by atoms with Crippen molar-refractivity contribution in [3.63, 3.8) is 0 Å². The molecule has 0 amide bonds. The van der Waals surface area contributed by atoms with Crippen LogP contribution in [-0.2, 0) is 0 Å². The van der Waals surface area contributed by atoms with Crippen LogP contribution in [-0.4, -0.2) is 11.1 Å². The van der Waals surface area contributed by atoms with Crippen LogP contribution in [0, 0.1) is 0 Å². The zero-order valence-electron chi connectivity index (χ0n) is 10.6. The molecule has 0 bridgehead atoms. The first-order valence-electron chi connectivity index (χ1n) is 6.02. The first kappa shape index (κ1) is 13.0. The summed E-state index contributed by atoms with van der Waals surface area (Å²) in [6.45, 7) is 2.04. The van der Waals surface area contributed by atoms with Gasteiger partial charge in [-0.2, -0.15) is 0 Å². The van der Waals surface area contributed by atoms with Gasteiger partial charge in [-0.25, -0.2) is 4.79 Å². The molecule has 0 heterocycles. The lowest BCUT2D eigenvalue weighted by Gasteiger charge is -2.16. The predicted octanol–water partition coefficient (Wildman–Crippen LogP) is 3.14. The Morgan fingerprint density at radius 2 is 1.89 bits per heavy atom. The van der Waals surface area contributed by atoms with Gasteiger partial charge in [0.05, 0.1) is 5.56 Å². The van der Waals surface area contributed by atoms with Gasteiger partial charge >= 0.3 is 5.97 Å². The van der Waals surface area contributed by atoms with Gasteiger partial charge in [0, 0.05) is 17.4 Å². The van der Waals surface area contributed by atoms with Crippen LogP contribution in [0.4, 0.5) is 11.4 Å². The molecule has 0 aliphatic carbocycles. The number of nitrogens with one attached hydrogen (secondary N) is 1. The summed E-state index contributed by atoms with van der Waals surface area (Å²) in [4.78, 5) is 10.9. The predicted molar refractivity (Wildman–Crippen MR) is 76.3 cm³/mol. The smallest absolute Gasteiger partial charge is 0.337 e. The number of rotatable bonds is 4. The van der Waals surface area contributed by atoms with Gasteiger partial charge in [0.25, 0.3) is 0 Å². The highest BCUT2D eigenvalue weighted by atomic mass is 16.4. The van der Waals surface area contributed by atoms with E-state index in [0.717, 1.165) is 11.3 Å². The van der Waals surface area contributed by atoms with E-state index in [0.29, 0.717) is 0 Å². The minimum Gasteiger partial charge on any atom is -0.478 e. The van der Waals surface area contributed by atoms with E-state index in [-0.39, 0.29) is 17.3 Å². The van der Waals surface area contributed by atoms with Crippen LogP contribution in [0.25, 0.3) is 0 Å². The van der Waals surface area contributed by atoms with Gasteiger partial charge in [-0.15, -0.1) is 0 Å². The lowest BCUT2D eigenvalue weighted by atomic mass is 10.1. The van der Waals surface area contributed by atoms with E-state index in [2.05, 4.69) is 5.32 Å². The first-order valence-corrected chi connectivity index (χ1v) is 6.02. The third-order valence-electron chi connectivity index (χ3n) is 2.96. The summed E-state index contributed by atoms with van der Waals surface area (Å²) in [6.07, 6.45) is 0. The fraction of sp³-hybridized carbons (Fsp3) is 0.133. The van der Waals surface area contributed by atoms with E-state index in [1.54, 1.807) is 12.1 Å². The van der Waals surface area contributed by atoms with Crippen molar-refractivity contribution in [3.8, 4) is 0 Å². The number of carboxylic acids is 1. The quantitative estimate of drug-likeness (QED) is 0.734. The minimum absolute atomic E-state index is 0.122. The number of benzene rings is 2. The maximum absolute atomic E-state index is 10.9. The zero-order chi connectivity index (χ0) is 13.8. The summed E-state index contributed by atoms with van der Waals surface area (Å²) >= 11 is 0. The Balaban J connectivity index is 2.16. The molecule has 4 N–H and O–H groups in total. The number of aromatic carboxylic acids is 1. The number of carboxylic acid groups (broad SMARTS) is 1. The SMILES string of the molecule is CC(Nc1ccc(C(=O)O)c(N)c1)c1ccccc1. The normalized spacial score (nSPS) is 11.8. The molecule has 2 rings (SSSR count). The van der Waals surface area contributed by atoms with E-state index in [9.17, 15) is 4.79 Å². The summed E-state index contributed by atoms with van der Waals surface area (Å²) in [5.74, 6) is -1.01. The molecule has 1 unspecified atom stereocenters. The Morgan fingerprint density at radius 1 is 1.21 bits per heavy atom. The lowest BCUT2D eigenvalue weighted by Crippen LogP contribution is -2.08. The lowest BCUT2D eigenvalue weighted by molar-refractivity contribution is 0.0698. The largest absolute Gasteiger partial charge is 0.478 e. The number of hydrogen-bond acceptors (Lipinski definition) is 3. The van der Waals surface area contributed by atoms with Crippen LogP contribution in [0.5, 0.6) is 0 Å². The van der Waals surface area contributed by atoms with Gasteiger partial charge in [-0.05, 0) is 30.7 Å². The van der Waals surface area contributed by atoms with Crippen molar-refractivity contribution in [2.75, 3.05) is 11.1 Å². The fourth-order valence-electron chi connectivity index (χ4n) is 1.92. The van der Waals surface area contributed by atoms with E-state index < -0.39 is 5.97 Å². The second kappa shape index (κ2) is 5.44. The molecule has 0 spiro atoms. The highest BCUT2D eigenvalue weighted by molar-refractivity contribution is 5.94. The Labute approximate surface area is 111 Å². The van der Waals surface area contributed by atoms with Gasteiger partial charge in [0.15, 0.2) is 0 Å². The van der Waals surface area contributed by atoms with Crippen molar-refractivity contribution in [2.45, 2.75) is 13.0 Å². The van der Waals surface area contributed by atoms with Crippen LogP contribution < -0.4 is 11.1 Å². The molecule has 4 nitrogen and oxygen atoms in total. The standard InChI is InChI=1S/C15H16N2O2/c1-10(11-5-3-2-4-6-11)17-12-7-8-13(15(18)19)14(16)9-12/h2-10,17H,16H2,1H3,(H,18,19). The summed E-state index contributed by atoms with van der Waals surface area (Å²) in [5, 5.41) is 12.2. The Bertz CT molecular complexity index is 582. The van der Waals surface area contributed by atoms with E-state index in [1.165, 1.54) is 6.07 Å². The van der Waals surface area contributed by atoms with Crippen LogP contribution >= 0.6 is 0 Å².